The van der Waals surface area contributed by atoms with Crippen molar-refractivity contribution in [2.24, 2.45) is 5.73 Å². The Balaban J connectivity index is 2.22. The topological polar surface area (TPSA) is 38.9 Å². The Morgan fingerprint density at radius 1 is 1.33 bits per heavy atom. The van der Waals surface area contributed by atoms with Crippen molar-refractivity contribution in [3.05, 3.63) is 52.9 Å². The van der Waals surface area contributed by atoms with Crippen molar-refractivity contribution in [1.29, 1.82) is 0 Å². The molecule has 1 aromatic carbocycles. The van der Waals surface area contributed by atoms with Gasteiger partial charge in [0, 0.05) is 17.1 Å². The van der Waals surface area contributed by atoms with Gasteiger partial charge in [-0.25, -0.2) is 9.37 Å². The number of halogens is 2. The summed E-state index contributed by atoms with van der Waals surface area (Å²) in [6, 6.07) is 8.31. The van der Waals surface area contributed by atoms with Gasteiger partial charge in [-0.05, 0) is 36.8 Å². The number of pyridine rings is 1. The number of hydrogen-bond acceptors (Lipinski definition) is 3. The Bertz CT molecular complexity index is 543. The highest BCUT2D eigenvalue weighted by atomic mass is 35.5. The SMILES string of the molecule is CC(N)c1ccc(Sc2ccc(Cl)cn2)c(F)c1. The molecule has 1 heterocycles. The summed E-state index contributed by atoms with van der Waals surface area (Å²) in [7, 11) is 0. The molecule has 0 fully saturated rings. The first-order valence-electron chi connectivity index (χ1n) is 5.40. The lowest BCUT2D eigenvalue weighted by molar-refractivity contribution is 0.596. The molecule has 1 unspecified atom stereocenters. The monoisotopic (exact) mass is 282 g/mol. The molecule has 18 heavy (non-hydrogen) atoms. The summed E-state index contributed by atoms with van der Waals surface area (Å²) in [5, 5.41) is 1.26. The van der Waals surface area contributed by atoms with E-state index in [1.54, 1.807) is 18.2 Å². The molecule has 1 atom stereocenters. The van der Waals surface area contributed by atoms with Gasteiger partial charge in [-0.1, -0.05) is 29.4 Å². The second-order valence-electron chi connectivity index (χ2n) is 3.90. The van der Waals surface area contributed by atoms with Crippen LogP contribution in [-0.4, -0.2) is 4.98 Å². The van der Waals surface area contributed by atoms with Gasteiger partial charge >= 0.3 is 0 Å². The van der Waals surface area contributed by atoms with Gasteiger partial charge in [0.15, 0.2) is 0 Å². The van der Waals surface area contributed by atoms with Crippen molar-refractivity contribution < 1.29 is 4.39 Å². The molecule has 2 nitrogen and oxygen atoms in total. The summed E-state index contributed by atoms with van der Waals surface area (Å²) in [5.74, 6) is -0.286. The van der Waals surface area contributed by atoms with Crippen LogP contribution in [0.4, 0.5) is 4.39 Å². The Labute approximate surface area is 114 Å². The van der Waals surface area contributed by atoms with E-state index in [2.05, 4.69) is 4.98 Å². The van der Waals surface area contributed by atoms with E-state index >= 15 is 0 Å². The fraction of sp³-hybridized carbons (Fsp3) is 0.154. The van der Waals surface area contributed by atoms with Gasteiger partial charge in [0.2, 0.25) is 0 Å². The Morgan fingerprint density at radius 2 is 2.11 bits per heavy atom. The number of rotatable bonds is 3. The van der Waals surface area contributed by atoms with Crippen LogP contribution in [0.2, 0.25) is 5.02 Å². The molecule has 0 bridgehead atoms. The highest BCUT2D eigenvalue weighted by molar-refractivity contribution is 7.99. The summed E-state index contributed by atoms with van der Waals surface area (Å²) >= 11 is 7.00. The highest BCUT2D eigenvalue weighted by Crippen LogP contribution is 2.30. The zero-order valence-electron chi connectivity index (χ0n) is 9.73. The van der Waals surface area contributed by atoms with Gasteiger partial charge in [-0.15, -0.1) is 0 Å². The first kappa shape index (κ1) is 13.3. The van der Waals surface area contributed by atoms with Crippen LogP contribution in [-0.2, 0) is 0 Å². The first-order chi connectivity index (χ1) is 8.56. The predicted octanol–water partition coefficient (Wildman–Crippen LogP) is 4.05. The molecule has 0 spiro atoms. The average molecular weight is 283 g/mol. The van der Waals surface area contributed by atoms with E-state index in [1.807, 2.05) is 13.0 Å². The summed E-state index contributed by atoms with van der Waals surface area (Å²) in [4.78, 5) is 4.63. The van der Waals surface area contributed by atoms with Crippen LogP contribution in [0.15, 0.2) is 46.5 Å². The molecule has 0 aliphatic carbocycles. The number of aromatic nitrogens is 1. The van der Waals surface area contributed by atoms with Crippen LogP contribution < -0.4 is 5.73 Å². The average Bonchev–Trinajstić information content (AvgIpc) is 2.34. The number of hydrogen-bond donors (Lipinski definition) is 1. The van der Waals surface area contributed by atoms with Crippen LogP contribution in [0, 0.1) is 5.82 Å². The fourth-order valence-corrected chi connectivity index (χ4v) is 2.29. The van der Waals surface area contributed by atoms with E-state index < -0.39 is 0 Å². The molecular weight excluding hydrogens is 271 g/mol. The molecule has 2 N–H and O–H groups in total. The van der Waals surface area contributed by atoms with E-state index in [0.717, 1.165) is 5.56 Å². The minimum atomic E-state index is -0.286. The van der Waals surface area contributed by atoms with E-state index in [-0.39, 0.29) is 11.9 Å². The highest BCUT2D eigenvalue weighted by Gasteiger charge is 2.08. The zero-order chi connectivity index (χ0) is 13.1. The Kier molecular flexibility index (Phi) is 4.22. The number of nitrogens with zero attached hydrogens (tertiary/aromatic N) is 1. The quantitative estimate of drug-likeness (QED) is 0.923. The smallest absolute Gasteiger partial charge is 0.137 e. The maximum absolute atomic E-state index is 13.8. The molecule has 0 radical (unpaired) electrons. The summed E-state index contributed by atoms with van der Waals surface area (Å²) in [6.45, 7) is 1.82. The molecule has 2 rings (SSSR count). The maximum Gasteiger partial charge on any atom is 0.137 e. The maximum atomic E-state index is 13.8. The molecule has 2 aromatic rings. The lowest BCUT2D eigenvalue weighted by Crippen LogP contribution is -2.05. The summed E-state index contributed by atoms with van der Waals surface area (Å²) < 4.78 is 13.8. The molecule has 0 aliphatic heterocycles. The second-order valence-corrected chi connectivity index (χ2v) is 5.39. The minimum absolute atomic E-state index is 0.174. The van der Waals surface area contributed by atoms with Crippen LogP contribution in [0.25, 0.3) is 0 Å². The minimum Gasteiger partial charge on any atom is -0.324 e. The molecular formula is C13H12ClFN2S. The largest absolute Gasteiger partial charge is 0.324 e. The zero-order valence-corrected chi connectivity index (χ0v) is 11.3. The second kappa shape index (κ2) is 5.69. The van der Waals surface area contributed by atoms with Gasteiger partial charge in [0.25, 0.3) is 0 Å². The standard InChI is InChI=1S/C13H12ClFN2S/c1-8(16)9-2-4-12(11(15)6-9)18-13-5-3-10(14)7-17-13/h2-8H,16H2,1H3. The van der Waals surface area contributed by atoms with Crippen LogP contribution in [0.3, 0.4) is 0 Å². The van der Waals surface area contributed by atoms with Crippen LogP contribution in [0.5, 0.6) is 0 Å². The van der Waals surface area contributed by atoms with E-state index in [4.69, 9.17) is 17.3 Å². The normalized spacial score (nSPS) is 12.4. The first-order valence-corrected chi connectivity index (χ1v) is 6.60. The Morgan fingerprint density at radius 3 is 2.67 bits per heavy atom. The van der Waals surface area contributed by atoms with E-state index in [9.17, 15) is 4.39 Å². The molecule has 0 saturated heterocycles. The number of benzene rings is 1. The van der Waals surface area contributed by atoms with Crippen LogP contribution in [0.1, 0.15) is 18.5 Å². The number of nitrogens with two attached hydrogens (primary N) is 1. The van der Waals surface area contributed by atoms with Gasteiger partial charge < -0.3 is 5.73 Å². The van der Waals surface area contributed by atoms with Gasteiger partial charge in [0.1, 0.15) is 10.8 Å². The third kappa shape index (κ3) is 3.22. The predicted molar refractivity (Wildman–Crippen MR) is 72.4 cm³/mol. The van der Waals surface area contributed by atoms with Crippen molar-refractivity contribution in [2.45, 2.75) is 22.9 Å². The summed E-state index contributed by atoms with van der Waals surface area (Å²) in [5.41, 5.74) is 6.48. The molecule has 0 amide bonds. The third-order valence-corrected chi connectivity index (χ3v) is 3.62. The molecule has 5 heteroatoms. The molecule has 0 saturated carbocycles. The van der Waals surface area contributed by atoms with Gasteiger partial charge in [0.05, 0.1) is 5.02 Å². The molecule has 1 aromatic heterocycles. The lowest BCUT2D eigenvalue weighted by Gasteiger charge is -2.08. The van der Waals surface area contributed by atoms with Crippen molar-refractivity contribution in [1.82, 2.24) is 4.98 Å². The van der Waals surface area contributed by atoms with Crippen molar-refractivity contribution in [3.63, 3.8) is 0 Å². The van der Waals surface area contributed by atoms with E-state index in [0.29, 0.717) is 14.9 Å². The third-order valence-electron chi connectivity index (χ3n) is 2.40. The van der Waals surface area contributed by atoms with E-state index in [1.165, 1.54) is 24.0 Å². The fourth-order valence-electron chi connectivity index (χ4n) is 1.42. The molecule has 94 valence electrons. The molecule has 0 aliphatic rings. The lowest BCUT2D eigenvalue weighted by atomic mass is 10.1. The van der Waals surface area contributed by atoms with Crippen molar-refractivity contribution in [3.8, 4) is 0 Å². The van der Waals surface area contributed by atoms with Crippen molar-refractivity contribution >= 4 is 23.4 Å². The van der Waals surface area contributed by atoms with Crippen LogP contribution >= 0.6 is 23.4 Å². The Hall–Kier alpha value is -1.10. The van der Waals surface area contributed by atoms with Crippen molar-refractivity contribution in [2.75, 3.05) is 0 Å². The van der Waals surface area contributed by atoms with Gasteiger partial charge in [-0.2, -0.15) is 0 Å². The van der Waals surface area contributed by atoms with Gasteiger partial charge in [-0.3, -0.25) is 0 Å². The summed E-state index contributed by atoms with van der Waals surface area (Å²) in [6.07, 6.45) is 1.54.